The zero-order valence-corrected chi connectivity index (χ0v) is 11.9. The molecule has 1 atom stereocenters. The topological polar surface area (TPSA) is 75.7 Å². The van der Waals surface area contributed by atoms with Crippen LogP contribution in [0, 0.1) is 0 Å². The lowest BCUT2D eigenvalue weighted by molar-refractivity contribution is 0.0231. The summed E-state index contributed by atoms with van der Waals surface area (Å²) < 4.78 is 5.67. The van der Waals surface area contributed by atoms with Crippen molar-refractivity contribution in [3.8, 4) is 5.75 Å². The molecule has 0 aliphatic heterocycles. The van der Waals surface area contributed by atoms with Gasteiger partial charge in [0.2, 0.25) is 0 Å². The van der Waals surface area contributed by atoms with Gasteiger partial charge >= 0.3 is 0 Å². The lowest BCUT2D eigenvalue weighted by atomic mass is 9.91. The minimum absolute atomic E-state index is 0.0734. The predicted octanol–water partition coefficient (Wildman–Crippen LogP) is 1.79. The molecule has 0 saturated heterocycles. The van der Waals surface area contributed by atoms with Crippen LogP contribution in [0.15, 0.2) is 54.6 Å². The van der Waals surface area contributed by atoms with Gasteiger partial charge in [0.15, 0.2) is 0 Å². The van der Waals surface area contributed by atoms with Crippen molar-refractivity contribution in [3.63, 3.8) is 0 Å². The minimum Gasteiger partial charge on any atom is -0.493 e. The highest BCUT2D eigenvalue weighted by atomic mass is 16.5. The standard InChI is InChI=1S/C17H21NO3/c18-13-17(20,15-7-2-1-3-8-15)10-11-21-16-9-5-4-6-14(16)12-19/h1-9,19-20H,10-13,18H2. The minimum atomic E-state index is -1.10. The van der Waals surface area contributed by atoms with E-state index in [4.69, 9.17) is 10.5 Å². The van der Waals surface area contributed by atoms with Gasteiger partial charge in [-0.05, 0) is 11.6 Å². The van der Waals surface area contributed by atoms with Crippen molar-refractivity contribution >= 4 is 0 Å². The molecule has 21 heavy (non-hydrogen) atoms. The largest absolute Gasteiger partial charge is 0.493 e. The van der Waals surface area contributed by atoms with Gasteiger partial charge in [0, 0.05) is 18.5 Å². The third-order valence-corrected chi connectivity index (χ3v) is 3.56. The van der Waals surface area contributed by atoms with Crippen molar-refractivity contribution in [2.24, 2.45) is 5.73 Å². The average molecular weight is 287 g/mol. The Morgan fingerprint density at radius 2 is 1.67 bits per heavy atom. The second-order valence-corrected chi connectivity index (χ2v) is 4.97. The van der Waals surface area contributed by atoms with Crippen molar-refractivity contribution in [1.82, 2.24) is 0 Å². The van der Waals surface area contributed by atoms with E-state index in [1.807, 2.05) is 48.5 Å². The van der Waals surface area contributed by atoms with Gasteiger partial charge in [-0.3, -0.25) is 0 Å². The SMILES string of the molecule is NCC(O)(CCOc1ccccc1CO)c1ccccc1. The van der Waals surface area contributed by atoms with E-state index < -0.39 is 5.60 Å². The Morgan fingerprint density at radius 1 is 1.00 bits per heavy atom. The number of para-hydroxylation sites is 1. The summed E-state index contributed by atoms with van der Waals surface area (Å²) in [4.78, 5) is 0. The summed E-state index contributed by atoms with van der Waals surface area (Å²) in [5.74, 6) is 0.632. The van der Waals surface area contributed by atoms with Gasteiger partial charge in [-0.2, -0.15) is 0 Å². The lowest BCUT2D eigenvalue weighted by Gasteiger charge is -2.27. The van der Waals surface area contributed by atoms with E-state index in [2.05, 4.69) is 0 Å². The molecule has 4 nitrogen and oxygen atoms in total. The molecule has 2 aromatic rings. The van der Waals surface area contributed by atoms with Gasteiger partial charge in [0.05, 0.1) is 13.2 Å². The third kappa shape index (κ3) is 3.82. The number of nitrogens with two attached hydrogens (primary N) is 1. The van der Waals surface area contributed by atoms with Crippen molar-refractivity contribution in [3.05, 3.63) is 65.7 Å². The summed E-state index contributed by atoms with van der Waals surface area (Å²) in [5.41, 5.74) is 6.14. The van der Waals surface area contributed by atoms with Crippen LogP contribution >= 0.6 is 0 Å². The van der Waals surface area contributed by atoms with Gasteiger partial charge in [-0.25, -0.2) is 0 Å². The Kier molecular flexibility index (Phi) is 5.33. The fraction of sp³-hybridized carbons (Fsp3) is 0.294. The summed E-state index contributed by atoms with van der Waals surface area (Å²) in [6, 6.07) is 16.7. The normalized spacial score (nSPS) is 13.7. The molecule has 0 fully saturated rings. The Labute approximate surface area is 124 Å². The molecular weight excluding hydrogens is 266 g/mol. The van der Waals surface area contributed by atoms with E-state index in [0.717, 1.165) is 11.1 Å². The maximum Gasteiger partial charge on any atom is 0.124 e. The van der Waals surface area contributed by atoms with E-state index in [1.165, 1.54) is 0 Å². The summed E-state index contributed by atoms with van der Waals surface area (Å²) in [6.45, 7) is 0.373. The summed E-state index contributed by atoms with van der Waals surface area (Å²) in [7, 11) is 0. The third-order valence-electron chi connectivity index (χ3n) is 3.56. The summed E-state index contributed by atoms with van der Waals surface area (Å²) >= 11 is 0. The second kappa shape index (κ2) is 7.22. The molecule has 4 N–H and O–H groups in total. The van der Waals surface area contributed by atoms with E-state index in [1.54, 1.807) is 6.07 Å². The molecule has 0 radical (unpaired) electrons. The molecule has 0 amide bonds. The van der Waals surface area contributed by atoms with Crippen LogP contribution < -0.4 is 10.5 Å². The molecular formula is C17H21NO3. The summed E-state index contributed by atoms with van der Waals surface area (Å²) in [5, 5.41) is 19.9. The molecule has 0 aliphatic rings. The first-order valence-corrected chi connectivity index (χ1v) is 6.99. The molecule has 0 aromatic heterocycles. The molecule has 0 aliphatic carbocycles. The molecule has 0 spiro atoms. The highest BCUT2D eigenvalue weighted by Crippen LogP contribution is 2.25. The Morgan fingerprint density at radius 3 is 2.33 bits per heavy atom. The van der Waals surface area contributed by atoms with Crippen LogP contribution in [-0.4, -0.2) is 23.4 Å². The fourth-order valence-corrected chi connectivity index (χ4v) is 2.22. The van der Waals surface area contributed by atoms with Crippen LogP contribution in [0.4, 0.5) is 0 Å². The quantitative estimate of drug-likeness (QED) is 0.726. The molecule has 4 heteroatoms. The zero-order chi connectivity index (χ0) is 15.1. The van der Waals surface area contributed by atoms with Crippen LogP contribution in [0.2, 0.25) is 0 Å². The van der Waals surface area contributed by atoms with Crippen molar-refractivity contribution < 1.29 is 14.9 Å². The van der Waals surface area contributed by atoms with Crippen LogP contribution in [0.25, 0.3) is 0 Å². The first-order valence-electron chi connectivity index (χ1n) is 6.99. The van der Waals surface area contributed by atoms with E-state index in [0.29, 0.717) is 18.8 Å². The number of aliphatic hydroxyl groups excluding tert-OH is 1. The zero-order valence-electron chi connectivity index (χ0n) is 11.9. The van der Waals surface area contributed by atoms with Crippen LogP contribution in [-0.2, 0) is 12.2 Å². The van der Waals surface area contributed by atoms with E-state index in [-0.39, 0.29) is 13.2 Å². The maximum absolute atomic E-state index is 10.6. The fourth-order valence-electron chi connectivity index (χ4n) is 2.22. The van der Waals surface area contributed by atoms with Gasteiger partial charge in [-0.15, -0.1) is 0 Å². The first-order chi connectivity index (χ1) is 10.2. The van der Waals surface area contributed by atoms with Crippen LogP contribution in [0.3, 0.4) is 0 Å². The van der Waals surface area contributed by atoms with Gasteiger partial charge < -0.3 is 20.7 Å². The van der Waals surface area contributed by atoms with E-state index in [9.17, 15) is 10.2 Å². The number of aliphatic hydroxyl groups is 2. The van der Waals surface area contributed by atoms with Crippen molar-refractivity contribution in [2.45, 2.75) is 18.6 Å². The van der Waals surface area contributed by atoms with Crippen LogP contribution in [0.1, 0.15) is 17.5 Å². The van der Waals surface area contributed by atoms with Gasteiger partial charge in [-0.1, -0.05) is 48.5 Å². The predicted molar refractivity (Wildman–Crippen MR) is 81.9 cm³/mol. The molecule has 2 aromatic carbocycles. The Hall–Kier alpha value is -1.88. The number of rotatable bonds is 7. The maximum atomic E-state index is 10.6. The Balaban J connectivity index is 2.01. The number of hydrogen-bond acceptors (Lipinski definition) is 4. The monoisotopic (exact) mass is 287 g/mol. The van der Waals surface area contributed by atoms with Crippen molar-refractivity contribution in [1.29, 1.82) is 0 Å². The van der Waals surface area contributed by atoms with Crippen LogP contribution in [0.5, 0.6) is 5.75 Å². The lowest BCUT2D eigenvalue weighted by Crippen LogP contribution is -2.36. The highest BCUT2D eigenvalue weighted by molar-refractivity contribution is 5.32. The average Bonchev–Trinajstić information content (AvgIpc) is 2.56. The smallest absolute Gasteiger partial charge is 0.124 e. The molecule has 0 bridgehead atoms. The molecule has 0 saturated carbocycles. The first kappa shape index (κ1) is 15.5. The molecule has 112 valence electrons. The second-order valence-electron chi connectivity index (χ2n) is 4.97. The molecule has 1 unspecified atom stereocenters. The van der Waals surface area contributed by atoms with Gasteiger partial charge in [0.25, 0.3) is 0 Å². The van der Waals surface area contributed by atoms with E-state index >= 15 is 0 Å². The Bertz CT molecular complexity index is 559. The van der Waals surface area contributed by atoms with Crippen molar-refractivity contribution in [2.75, 3.05) is 13.2 Å². The molecule has 2 rings (SSSR count). The summed E-state index contributed by atoms with van der Waals surface area (Å²) in [6.07, 6.45) is 0.382. The van der Waals surface area contributed by atoms with Gasteiger partial charge in [0.1, 0.15) is 11.4 Å². The number of benzene rings is 2. The highest BCUT2D eigenvalue weighted by Gasteiger charge is 2.27. The molecule has 0 heterocycles. The number of ether oxygens (including phenoxy) is 1. The number of hydrogen-bond donors (Lipinski definition) is 3.